The second-order valence-electron chi connectivity index (χ2n) is 4.21. The van der Waals surface area contributed by atoms with Gasteiger partial charge >= 0.3 is 0 Å². The van der Waals surface area contributed by atoms with Crippen molar-refractivity contribution in [1.82, 2.24) is 4.98 Å². The van der Waals surface area contributed by atoms with Crippen LogP contribution in [0.15, 0.2) is 47.7 Å². The van der Waals surface area contributed by atoms with Crippen LogP contribution in [0.25, 0.3) is 0 Å². The van der Waals surface area contributed by atoms with Gasteiger partial charge in [-0.1, -0.05) is 6.07 Å². The molecule has 0 bridgehead atoms. The normalized spacial score (nSPS) is 14.0. The fourth-order valence-corrected chi connectivity index (χ4v) is 1.82. The highest BCUT2D eigenvalue weighted by Gasteiger charge is 2.26. The van der Waals surface area contributed by atoms with E-state index in [0.717, 1.165) is 17.1 Å². The van der Waals surface area contributed by atoms with Gasteiger partial charge in [-0.2, -0.15) is 5.01 Å². The van der Waals surface area contributed by atoms with Gasteiger partial charge in [-0.25, -0.2) is 8.78 Å². The van der Waals surface area contributed by atoms with Crippen LogP contribution in [0.5, 0.6) is 0 Å². The van der Waals surface area contributed by atoms with Gasteiger partial charge in [0.05, 0.1) is 0 Å². The first-order chi connectivity index (χ1) is 10.1. The van der Waals surface area contributed by atoms with Gasteiger partial charge in [0.1, 0.15) is 17.2 Å². The van der Waals surface area contributed by atoms with Gasteiger partial charge in [-0.3, -0.25) is 9.78 Å². The number of carbonyl (C=O) groups excluding carboxylic acids is 1. The third-order valence-corrected chi connectivity index (χ3v) is 2.78. The van der Waals surface area contributed by atoms with Crippen molar-refractivity contribution in [2.75, 3.05) is 11.6 Å². The number of hydrogen-bond acceptors (Lipinski definition) is 4. The third-order valence-electron chi connectivity index (χ3n) is 2.78. The maximum atomic E-state index is 13.8. The highest BCUT2D eigenvalue weighted by atomic mass is 35.5. The van der Waals surface area contributed by atoms with Crippen LogP contribution < -0.4 is 5.01 Å². The number of amides is 1. The summed E-state index contributed by atoms with van der Waals surface area (Å²) in [5.74, 6) is -2.07. The number of nitrogens with zero attached hydrogens (tertiary/aromatic N) is 3. The molecule has 3 rings (SSSR count). The van der Waals surface area contributed by atoms with Gasteiger partial charge in [-0.05, 0) is 24.3 Å². The van der Waals surface area contributed by atoms with Gasteiger partial charge < -0.3 is 4.74 Å². The predicted molar refractivity (Wildman–Crippen MR) is 77.8 cm³/mol. The SMILES string of the molecule is Cl.O=C1COC(c2ccccn2)=NN1c1ccc(F)cc1F. The van der Waals surface area contributed by atoms with Crippen molar-refractivity contribution in [3.05, 3.63) is 59.9 Å². The molecule has 0 unspecified atom stereocenters. The van der Waals surface area contributed by atoms with Crippen molar-refractivity contribution in [3.63, 3.8) is 0 Å². The number of rotatable bonds is 2. The third kappa shape index (κ3) is 3.04. The first-order valence-electron chi connectivity index (χ1n) is 6.06. The first kappa shape index (κ1) is 15.8. The quantitative estimate of drug-likeness (QED) is 0.852. The molecule has 1 aromatic heterocycles. The largest absolute Gasteiger partial charge is 0.465 e. The minimum absolute atomic E-state index is 0. The molecule has 0 atom stereocenters. The molecule has 8 heteroatoms. The second kappa shape index (κ2) is 6.48. The van der Waals surface area contributed by atoms with Crippen molar-refractivity contribution in [2.24, 2.45) is 5.10 Å². The molecule has 5 nitrogen and oxygen atoms in total. The zero-order valence-electron chi connectivity index (χ0n) is 11.1. The molecule has 1 aliphatic rings. The van der Waals surface area contributed by atoms with Crippen LogP contribution in [0.4, 0.5) is 14.5 Å². The number of anilines is 1. The van der Waals surface area contributed by atoms with Crippen LogP contribution in [-0.2, 0) is 9.53 Å². The van der Waals surface area contributed by atoms with Gasteiger partial charge in [0.25, 0.3) is 11.8 Å². The molecule has 0 saturated carbocycles. The topological polar surface area (TPSA) is 54.8 Å². The molecule has 0 spiro atoms. The van der Waals surface area contributed by atoms with Crippen LogP contribution in [-0.4, -0.2) is 23.4 Å². The van der Waals surface area contributed by atoms with Crippen molar-refractivity contribution >= 4 is 29.9 Å². The minimum Gasteiger partial charge on any atom is -0.465 e. The van der Waals surface area contributed by atoms with Gasteiger partial charge in [0.15, 0.2) is 12.4 Å². The second-order valence-corrected chi connectivity index (χ2v) is 4.21. The Kier molecular flexibility index (Phi) is 4.67. The smallest absolute Gasteiger partial charge is 0.285 e. The lowest BCUT2D eigenvalue weighted by Crippen LogP contribution is -2.37. The van der Waals surface area contributed by atoms with E-state index in [4.69, 9.17) is 4.74 Å². The monoisotopic (exact) mass is 325 g/mol. The molecule has 1 aliphatic heterocycles. The Bertz CT molecular complexity index is 725. The summed E-state index contributed by atoms with van der Waals surface area (Å²) in [4.78, 5) is 15.9. The molecule has 0 N–H and O–H groups in total. The van der Waals surface area contributed by atoms with Gasteiger partial charge in [-0.15, -0.1) is 17.5 Å². The van der Waals surface area contributed by atoms with Crippen molar-refractivity contribution in [1.29, 1.82) is 0 Å². The minimum atomic E-state index is -0.880. The fourth-order valence-electron chi connectivity index (χ4n) is 1.82. The van der Waals surface area contributed by atoms with E-state index in [0.29, 0.717) is 11.8 Å². The Balaban J connectivity index is 0.00000176. The number of hydrazone groups is 1. The molecular weight excluding hydrogens is 316 g/mol. The molecule has 2 heterocycles. The first-order valence-corrected chi connectivity index (χ1v) is 6.06. The lowest BCUT2D eigenvalue weighted by atomic mass is 10.3. The van der Waals surface area contributed by atoms with E-state index < -0.39 is 17.5 Å². The number of halogens is 3. The Morgan fingerprint density at radius 3 is 2.68 bits per heavy atom. The average molecular weight is 326 g/mol. The van der Waals surface area contributed by atoms with Crippen LogP contribution in [0.2, 0.25) is 0 Å². The van der Waals surface area contributed by atoms with Crippen LogP contribution in [0, 0.1) is 11.6 Å². The zero-order chi connectivity index (χ0) is 14.8. The molecule has 0 aliphatic carbocycles. The standard InChI is InChI=1S/C14H9F2N3O2.ClH/c15-9-4-5-12(10(16)7-9)19-13(20)8-21-14(18-19)11-3-1-2-6-17-11;/h1-7H,8H2;1H. The van der Waals surface area contributed by atoms with E-state index in [2.05, 4.69) is 10.1 Å². The van der Waals surface area contributed by atoms with Crippen LogP contribution in [0.3, 0.4) is 0 Å². The molecule has 114 valence electrons. The number of ether oxygens (including phenoxy) is 1. The number of carbonyl (C=O) groups is 1. The molecule has 22 heavy (non-hydrogen) atoms. The summed E-state index contributed by atoms with van der Waals surface area (Å²) in [6.45, 7) is -0.299. The number of benzene rings is 1. The van der Waals surface area contributed by atoms with E-state index in [9.17, 15) is 13.6 Å². The Morgan fingerprint density at radius 1 is 1.18 bits per heavy atom. The highest BCUT2D eigenvalue weighted by molar-refractivity contribution is 6.03. The van der Waals surface area contributed by atoms with E-state index in [1.54, 1.807) is 24.4 Å². The molecule has 2 aromatic rings. The molecule has 0 radical (unpaired) electrons. The van der Waals surface area contributed by atoms with E-state index in [-0.39, 0.29) is 30.6 Å². The summed E-state index contributed by atoms with van der Waals surface area (Å²) in [5, 5.41) is 4.80. The van der Waals surface area contributed by atoms with Gasteiger partial charge in [0, 0.05) is 12.3 Å². The Morgan fingerprint density at radius 2 is 2.00 bits per heavy atom. The average Bonchev–Trinajstić information content (AvgIpc) is 2.49. The summed E-state index contributed by atoms with van der Waals surface area (Å²) in [7, 11) is 0. The summed E-state index contributed by atoms with van der Waals surface area (Å²) in [5.41, 5.74) is 0.274. The summed E-state index contributed by atoms with van der Waals surface area (Å²) in [6, 6.07) is 7.98. The Hall–Kier alpha value is -2.54. The molecule has 0 saturated heterocycles. The van der Waals surface area contributed by atoms with Crippen LogP contribution >= 0.6 is 12.4 Å². The maximum Gasteiger partial charge on any atom is 0.285 e. The van der Waals surface area contributed by atoms with Crippen molar-refractivity contribution in [3.8, 4) is 0 Å². The summed E-state index contributed by atoms with van der Waals surface area (Å²) in [6.07, 6.45) is 1.54. The number of hydrogen-bond donors (Lipinski definition) is 0. The van der Waals surface area contributed by atoms with E-state index in [1.807, 2.05) is 0 Å². The summed E-state index contributed by atoms with van der Waals surface area (Å²) >= 11 is 0. The lowest BCUT2D eigenvalue weighted by Gasteiger charge is -2.23. The van der Waals surface area contributed by atoms with Crippen molar-refractivity contribution < 1.29 is 18.3 Å². The maximum absolute atomic E-state index is 13.8. The van der Waals surface area contributed by atoms with Crippen molar-refractivity contribution in [2.45, 2.75) is 0 Å². The highest BCUT2D eigenvalue weighted by Crippen LogP contribution is 2.23. The van der Waals surface area contributed by atoms with Crippen LogP contribution in [0.1, 0.15) is 5.69 Å². The molecule has 0 fully saturated rings. The lowest BCUT2D eigenvalue weighted by molar-refractivity contribution is -0.121. The van der Waals surface area contributed by atoms with E-state index >= 15 is 0 Å². The zero-order valence-corrected chi connectivity index (χ0v) is 11.9. The fraction of sp³-hybridized carbons (Fsp3) is 0.0714. The predicted octanol–water partition coefficient (Wildman–Crippen LogP) is 2.51. The Labute approximate surface area is 130 Å². The summed E-state index contributed by atoms with van der Waals surface area (Å²) < 4.78 is 31.9. The van der Waals surface area contributed by atoms with Gasteiger partial charge in [0.2, 0.25) is 0 Å². The van der Waals surface area contributed by atoms with E-state index in [1.165, 1.54) is 0 Å². The molecule has 1 aromatic carbocycles. The molecule has 1 amide bonds. The number of aromatic nitrogens is 1. The number of pyridine rings is 1. The molecular formula is C14H10ClF2N3O2.